The Bertz CT molecular complexity index is 505. The van der Waals surface area contributed by atoms with Gasteiger partial charge in [0.1, 0.15) is 5.76 Å². The van der Waals surface area contributed by atoms with Crippen LogP contribution in [0.15, 0.2) is 34.3 Å². The maximum absolute atomic E-state index is 5.65. The van der Waals surface area contributed by atoms with Gasteiger partial charge in [-0.15, -0.1) is 11.3 Å². The number of rotatable bonds is 9. The monoisotopic (exact) mass is 306 g/mol. The molecule has 0 saturated heterocycles. The molecule has 0 aliphatic carbocycles. The topological polar surface area (TPSA) is 28.4 Å². The molecule has 3 nitrogen and oxygen atoms in total. The lowest BCUT2D eigenvalue weighted by atomic mass is 10.2. The summed E-state index contributed by atoms with van der Waals surface area (Å²) in [6.45, 7) is 8.30. The Kier molecular flexibility index (Phi) is 6.49. The third kappa shape index (κ3) is 6.04. The van der Waals surface area contributed by atoms with Crippen molar-refractivity contribution in [1.29, 1.82) is 0 Å². The van der Waals surface area contributed by atoms with Gasteiger partial charge in [0.2, 0.25) is 0 Å². The van der Waals surface area contributed by atoms with Crippen LogP contribution in [0.25, 0.3) is 0 Å². The number of nitrogens with one attached hydrogen (secondary N) is 1. The van der Waals surface area contributed by atoms with Gasteiger partial charge in [-0.2, -0.15) is 0 Å². The molecule has 21 heavy (non-hydrogen) atoms. The van der Waals surface area contributed by atoms with Crippen LogP contribution in [-0.2, 0) is 19.5 Å². The Morgan fingerprint density at radius 1 is 1.38 bits per heavy atom. The zero-order chi connectivity index (χ0) is 15.1. The fraction of sp³-hybridized carbons (Fsp3) is 0.529. The summed E-state index contributed by atoms with van der Waals surface area (Å²) in [4.78, 5) is 3.75. The molecule has 1 N–H and O–H groups in total. The van der Waals surface area contributed by atoms with E-state index < -0.39 is 0 Å². The number of hydrogen-bond acceptors (Lipinski definition) is 4. The molecule has 0 bridgehead atoms. The fourth-order valence-electron chi connectivity index (χ4n) is 2.21. The quantitative estimate of drug-likeness (QED) is 0.764. The van der Waals surface area contributed by atoms with Gasteiger partial charge >= 0.3 is 0 Å². The van der Waals surface area contributed by atoms with Crippen LogP contribution < -0.4 is 5.32 Å². The number of thiophene rings is 1. The molecule has 4 heteroatoms. The van der Waals surface area contributed by atoms with Crippen LogP contribution in [0.5, 0.6) is 0 Å². The molecule has 0 radical (unpaired) electrons. The molecular formula is C17H26N2OS. The summed E-state index contributed by atoms with van der Waals surface area (Å²) in [7, 11) is 2.15. The summed E-state index contributed by atoms with van der Waals surface area (Å²) < 4.78 is 5.65. The van der Waals surface area contributed by atoms with E-state index in [1.807, 2.05) is 17.6 Å². The van der Waals surface area contributed by atoms with E-state index in [9.17, 15) is 0 Å². The summed E-state index contributed by atoms with van der Waals surface area (Å²) in [5.74, 6) is 1.73. The zero-order valence-electron chi connectivity index (χ0n) is 13.3. The van der Waals surface area contributed by atoms with E-state index >= 15 is 0 Å². The van der Waals surface area contributed by atoms with Gasteiger partial charge in [-0.25, -0.2) is 0 Å². The maximum atomic E-state index is 5.65. The van der Waals surface area contributed by atoms with Crippen molar-refractivity contribution in [3.05, 3.63) is 46.0 Å². The Hall–Kier alpha value is -1.10. The number of furan rings is 1. The first-order valence-electron chi connectivity index (χ1n) is 7.61. The van der Waals surface area contributed by atoms with Crippen LogP contribution in [0.3, 0.4) is 0 Å². The van der Waals surface area contributed by atoms with E-state index in [2.05, 4.69) is 54.7 Å². The molecular weight excluding hydrogens is 280 g/mol. The number of likely N-dealkylation sites (N-methyl/N-ethyl adjacent to an activating group) is 1. The van der Waals surface area contributed by atoms with Crippen molar-refractivity contribution >= 4 is 11.3 Å². The highest BCUT2D eigenvalue weighted by molar-refractivity contribution is 7.09. The second-order valence-corrected chi connectivity index (χ2v) is 7.05. The minimum absolute atomic E-state index is 0.680. The molecule has 2 heterocycles. The van der Waals surface area contributed by atoms with E-state index in [4.69, 9.17) is 4.42 Å². The Balaban J connectivity index is 1.71. The standard InChI is InChI=1S/C17H26N2OS/c1-14(2)10-18-11-15-9-16(20-13-15)12-19(3)7-6-17-5-4-8-21-17/h4-5,8-9,13-14,18H,6-7,10-12H2,1-3H3. The van der Waals surface area contributed by atoms with E-state index in [0.29, 0.717) is 5.92 Å². The van der Waals surface area contributed by atoms with Crippen molar-refractivity contribution in [2.75, 3.05) is 20.1 Å². The summed E-state index contributed by atoms with van der Waals surface area (Å²) in [5.41, 5.74) is 1.23. The average molecular weight is 306 g/mol. The molecule has 0 fully saturated rings. The molecule has 0 spiro atoms. The van der Waals surface area contributed by atoms with Crippen molar-refractivity contribution in [3.8, 4) is 0 Å². The third-order valence-corrected chi connectivity index (χ3v) is 4.27. The highest BCUT2D eigenvalue weighted by atomic mass is 32.1. The van der Waals surface area contributed by atoms with Gasteiger partial charge in [-0.1, -0.05) is 19.9 Å². The molecule has 0 saturated carbocycles. The van der Waals surface area contributed by atoms with E-state index in [1.54, 1.807) is 0 Å². The summed E-state index contributed by atoms with van der Waals surface area (Å²) >= 11 is 1.83. The van der Waals surface area contributed by atoms with Gasteiger partial charge in [0.25, 0.3) is 0 Å². The first-order valence-corrected chi connectivity index (χ1v) is 8.49. The van der Waals surface area contributed by atoms with Crippen LogP contribution in [0.1, 0.15) is 30.0 Å². The Morgan fingerprint density at radius 3 is 2.95 bits per heavy atom. The van der Waals surface area contributed by atoms with Crippen LogP contribution in [-0.4, -0.2) is 25.0 Å². The van der Waals surface area contributed by atoms with Crippen LogP contribution in [0.4, 0.5) is 0 Å². The molecule has 2 aromatic rings. The van der Waals surface area contributed by atoms with Crippen LogP contribution >= 0.6 is 11.3 Å². The minimum atomic E-state index is 0.680. The minimum Gasteiger partial charge on any atom is -0.468 e. The van der Waals surface area contributed by atoms with Gasteiger partial charge in [0.15, 0.2) is 0 Å². The maximum Gasteiger partial charge on any atom is 0.118 e. The van der Waals surface area contributed by atoms with Crippen LogP contribution in [0, 0.1) is 5.92 Å². The second kappa shape index (κ2) is 8.37. The fourth-order valence-corrected chi connectivity index (χ4v) is 2.91. The normalized spacial score (nSPS) is 11.7. The summed E-state index contributed by atoms with van der Waals surface area (Å²) in [6, 6.07) is 6.47. The lowest BCUT2D eigenvalue weighted by Crippen LogP contribution is -2.20. The molecule has 2 aromatic heterocycles. The molecule has 0 aliphatic rings. The van der Waals surface area contributed by atoms with Gasteiger partial charge in [-0.3, -0.25) is 4.90 Å². The van der Waals surface area contributed by atoms with Gasteiger partial charge in [-0.05, 0) is 43.4 Å². The molecule has 0 atom stereocenters. The second-order valence-electron chi connectivity index (χ2n) is 6.01. The smallest absolute Gasteiger partial charge is 0.118 e. The summed E-state index contributed by atoms with van der Waals surface area (Å²) in [6.07, 6.45) is 2.98. The van der Waals surface area contributed by atoms with E-state index in [-0.39, 0.29) is 0 Å². The predicted molar refractivity (Wildman–Crippen MR) is 89.6 cm³/mol. The highest BCUT2D eigenvalue weighted by Crippen LogP contribution is 2.12. The third-order valence-electron chi connectivity index (χ3n) is 3.34. The van der Waals surface area contributed by atoms with Crippen molar-refractivity contribution in [1.82, 2.24) is 10.2 Å². The van der Waals surface area contributed by atoms with Crippen molar-refractivity contribution in [2.45, 2.75) is 33.4 Å². The van der Waals surface area contributed by atoms with E-state index in [1.165, 1.54) is 10.4 Å². The van der Waals surface area contributed by atoms with Crippen LogP contribution in [0.2, 0.25) is 0 Å². The first-order chi connectivity index (χ1) is 10.1. The molecule has 116 valence electrons. The molecule has 2 rings (SSSR count). The lowest BCUT2D eigenvalue weighted by Gasteiger charge is -2.14. The van der Waals surface area contributed by atoms with Gasteiger partial charge in [0.05, 0.1) is 12.8 Å². The first kappa shape index (κ1) is 16.3. The lowest BCUT2D eigenvalue weighted by molar-refractivity contribution is 0.299. The predicted octanol–water partition coefficient (Wildman–Crippen LogP) is 3.76. The molecule has 0 amide bonds. The average Bonchev–Trinajstić information content (AvgIpc) is 3.08. The molecule has 0 unspecified atom stereocenters. The van der Waals surface area contributed by atoms with E-state index in [0.717, 1.165) is 38.4 Å². The molecule has 0 aromatic carbocycles. The van der Waals surface area contributed by atoms with Gasteiger partial charge < -0.3 is 9.73 Å². The number of nitrogens with zero attached hydrogens (tertiary/aromatic N) is 1. The van der Waals surface area contributed by atoms with Crippen molar-refractivity contribution in [2.24, 2.45) is 5.92 Å². The summed E-state index contributed by atoms with van der Waals surface area (Å²) in [5, 5.41) is 5.58. The van der Waals surface area contributed by atoms with Crippen molar-refractivity contribution < 1.29 is 4.42 Å². The zero-order valence-corrected chi connectivity index (χ0v) is 14.1. The SMILES string of the molecule is CC(C)CNCc1coc(CN(C)CCc2cccs2)c1. The highest BCUT2D eigenvalue weighted by Gasteiger charge is 2.06. The Morgan fingerprint density at radius 2 is 2.24 bits per heavy atom. The largest absolute Gasteiger partial charge is 0.468 e. The Labute approximate surface area is 132 Å². The van der Waals surface area contributed by atoms with Crippen molar-refractivity contribution in [3.63, 3.8) is 0 Å². The molecule has 0 aliphatic heterocycles. The van der Waals surface area contributed by atoms with Gasteiger partial charge in [0, 0.05) is 23.5 Å². The number of hydrogen-bond donors (Lipinski definition) is 1.